The van der Waals surface area contributed by atoms with Crippen LogP contribution in [-0.2, 0) is 16.0 Å². The summed E-state index contributed by atoms with van der Waals surface area (Å²) in [6.45, 7) is 3.58. The molecule has 1 N–H and O–H groups in total. The first-order valence-electron chi connectivity index (χ1n) is 12.8. The van der Waals surface area contributed by atoms with Crippen molar-refractivity contribution in [3.63, 3.8) is 0 Å². The molecule has 0 aliphatic carbocycles. The van der Waals surface area contributed by atoms with Crippen LogP contribution < -0.4 is 14.8 Å². The van der Waals surface area contributed by atoms with Gasteiger partial charge in [-0.1, -0.05) is 36.4 Å². The fourth-order valence-electron chi connectivity index (χ4n) is 4.25. The number of methoxy groups -OCH3 is 2. The Balaban J connectivity index is 1.55. The van der Waals surface area contributed by atoms with Crippen molar-refractivity contribution in [2.75, 3.05) is 26.1 Å². The molecule has 0 fully saturated rings. The van der Waals surface area contributed by atoms with Crippen LogP contribution in [-0.4, -0.2) is 53.1 Å². The Labute approximate surface area is 233 Å². The third kappa shape index (κ3) is 6.48. The molecule has 0 aliphatic heterocycles. The van der Waals surface area contributed by atoms with Crippen LogP contribution in [0.25, 0.3) is 16.9 Å². The maximum atomic E-state index is 13.3. The van der Waals surface area contributed by atoms with Crippen LogP contribution in [0.15, 0.2) is 79.0 Å². The number of aromatic nitrogens is 2. The molecule has 0 radical (unpaired) electrons. The number of carbonyl (C=O) groups is 2. The van der Waals surface area contributed by atoms with Crippen molar-refractivity contribution >= 4 is 17.8 Å². The molecule has 2 amide bonds. The molecule has 0 saturated carbocycles. The summed E-state index contributed by atoms with van der Waals surface area (Å²) >= 11 is 0. The van der Waals surface area contributed by atoms with Gasteiger partial charge in [-0.15, -0.1) is 0 Å². The monoisotopic (exact) mass is 537 g/mol. The molecule has 9 heteroatoms. The van der Waals surface area contributed by atoms with E-state index in [-0.39, 0.29) is 30.8 Å². The average molecular weight is 538 g/mol. The van der Waals surface area contributed by atoms with Crippen molar-refractivity contribution in [1.82, 2.24) is 14.5 Å². The molecule has 0 atom stereocenters. The van der Waals surface area contributed by atoms with Gasteiger partial charge in [0.25, 0.3) is 0 Å². The van der Waals surface area contributed by atoms with Crippen LogP contribution in [0.5, 0.6) is 11.5 Å². The van der Waals surface area contributed by atoms with E-state index in [1.807, 2.05) is 50.4 Å². The third-order valence-corrected chi connectivity index (χ3v) is 6.36. The highest BCUT2D eigenvalue weighted by atomic mass is 16.5. The molecular weight excluding hydrogens is 506 g/mol. The second kappa shape index (κ2) is 12.6. The summed E-state index contributed by atoms with van der Waals surface area (Å²) in [6.07, 6.45) is 1.93. The largest absolute Gasteiger partial charge is 0.493 e. The minimum absolute atomic E-state index is 0.101. The Hall–Kier alpha value is -5.10. The van der Waals surface area contributed by atoms with E-state index in [4.69, 9.17) is 9.47 Å². The fourth-order valence-corrected chi connectivity index (χ4v) is 4.25. The molecule has 0 aliphatic rings. The van der Waals surface area contributed by atoms with Crippen LogP contribution in [0.2, 0.25) is 0 Å². The number of carbonyl (C=O) groups excluding carboxylic acids is 2. The van der Waals surface area contributed by atoms with E-state index >= 15 is 0 Å². The number of ether oxygens (including phenoxy) is 2. The first-order chi connectivity index (χ1) is 19.3. The summed E-state index contributed by atoms with van der Waals surface area (Å²) in [5.41, 5.74) is 3.56. The zero-order chi connectivity index (χ0) is 28.6. The highest BCUT2D eigenvalue weighted by Crippen LogP contribution is 2.28. The van der Waals surface area contributed by atoms with Gasteiger partial charge in [0.15, 0.2) is 11.5 Å². The fraction of sp³-hybridized carbons (Fsp3) is 0.226. The van der Waals surface area contributed by atoms with Gasteiger partial charge in [-0.25, -0.2) is 4.98 Å². The minimum atomic E-state index is -0.380. The topological polar surface area (TPSA) is 109 Å². The normalized spacial score (nSPS) is 10.6. The molecule has 0 bridgehead atoms. The Morgan fingerprint density at radius 2 is 1.70 bits per heavy atom. The van der Waals surface area contributed by atoms with Gasteiger partial charge in [-0.05, 0) is 55.8 Å². The number of hydrogen-bond donors (Lipinski definition) is 1. The molecule has 4 aromatic rings. The average Bonchev–Trinajstić information content (AvgIpc) is 3.39. The van der Waals surface area contributed by atoms with Crippen LogP contribution >= 0.6 is 0 Å². The van der Waals surface area contributed by atoms with E-state index < -0.39 is 0 Å². The van der Waals surface area contributed by atoms with Crippen molar-refractivity contribution in [2.45, 2.75) is 26.3 Å². The number of imidazole rings is 1. The Bertz CT molecular complexity index is 1520. The van der Waals surface area contributed by atoms with Gasteiger partial charge >= 0.3 is 0 Å². The summed E-state index contributed by atoms with van der Waals surface area (Å²) in [7, 11) is 3.09. The molecule has 0 unspecified atom stereocenters. The lowest BCUT2D eigenvalue weighted by atomic mass is 10.1. The first-order valence-corrected chi connectivity index (χ1v) is 12.8. The number of amides is 2. The predicted molar refractivity (Wildman–Crippen MR) is 152 cm³/mol. The van der Waals surface area contributed by atoms with Gasteiger partial charge in [0, 0.05) is 23.5 Å². The predicted octanol–water partition coefficient (Wildman–Crippen LogP) is 4.85. The van der Waals surface area contributed by atoms with Crippen LogP contribution in [0.3, 0.4) is 0 Å². The van der Waals surface area contributed by atoms with Gasteiger partial charge < -0.3 is 14.4 Å². The lowest BCUT2D eigenvalue weighted by Gasteiger charge is -2.26. The Kier molecular flexibility index (Phi) is 8.82. The smallest absolute Gasteiger partial charge is 0.246 e. The summed E-state index contributed by atoms with van der Waals surface area (Å²) in [4.78, 5) is 32.7. The van der Waals surface area contributed by atoms with Crippen molar-refractivity contribution in [2.24, 2.45) is 0 Å². The molecule has 9 nitrogen and oxygen atoms in total. The molecule has 0 saturated heterocycles. The number of nitrogens with one attached hydrogen (secondary N) is 1. The second-order valence-corrected chi connectivity index (χ2v) is 9.37. The number of hydrogen-bond acceptors (Lipinski definition) is 6. The van der Waals surface area contributed by atoms with Gasteiger partial charge in [-0.3, -0.25) is 19.5 Å². The van der Waals surface area contributed by atoms with Crippen LogP contribution in [0.1, 0.15) is 25.0 Å². The Morgan fingerprint density at radius 3 is 2.33 bits per heavy atom. The molecule has 204 valence electrons. The number of nitriles is 1. The quantitative estimate of drug-likeness (QED) is 0.310. The lowest BCUT2D eigenvalue weighted by molar-refractivity contribution is -0.135. The molecule has 4 rings (SSSR count). The van der Waals surface area contributed by atoms with Crippen LogP contribution in [0, 0.1) is 11.3 Å². The van der Waals surface area contributed by atoms with E-state index in [1.54, 1.807) is 61.3 Å². The summed E-state index contributed by atoms with van der Waals surface area (Å²) in [6, 6.07) is 23.8. The number of benzene rings is 3. The standard InChI is InChI=1S/C31H31N5O4/c1-21(2)35(30(38)17-23-12-15-27(39-3)28(16-23)40-4)20-29(37)34-31-33-26(24-8-6-5-7-9-24)19-36(31)25-13-10-22(18-32)11-14-25/h5-16,19,21H,17,20H2,1-4H3,(H,33,34,37). The Morgan fingerprint density at radius 1 is 1.00 bits per heavy atom. The van der Waals surface area contributed by atoms with Crippen molar-refractivity contribution in [3.05, 3.63) is 90.1 Å². The summed E-state index contributed by atoms with van der Waals surface area (Å²) in [5, 5.41) is 12.1. The molecule has 3 aromatic carbocycles. The van der Waals surface area contributed by atoms with E-state index in [0.717, 1.165) is 16.8 Å². The molecule has 1 heterocycles. The zero-order valence-electron chi connectivity index (χ0n) is 22.9. The van der Waals surface area contributed by atoms with Crippen molar-refractivity contribution in [1.29, 1.82) is 5.26 Å². The highest BCUT2D eigenvalue weighted by molar-refractivity contribution is 5.94. The number of anilines is 1. The highest BCUT2D eigenvalue weighted by Gasteiger charge is 2.22. The van der Waals surface area contributed by atoms with Crippen LogP contribution in [0.4, 0.5) is 5.95 Å². The molecule has 0 spiro atoms. The first kappa shape index (κ1) is 27.9. The number of rotatable bonds is 10. The maximum Gasteiger partial charge on any atom is 0.246 e. The van der Waals surface area contributed by atoms with E-state index in [0.29, 0.717) is 28.7 Å². The minimum Gasteiger partial charge on any atom is -0.493 e. The third-order valence-electron chi connectivity index (χ3n) is 6.36. The summed E-state index contributed by atoms with van der Waals surface area (Å²) in [5.74, 6) is 0.841. The summed E-state index contributed by atoms with van der Waals surface area (Å²) < 4.78 is 12.4. The SMILES string of the molecule is COc1ccc(CC(=O)N(CC(=O)Nc2nc(-c3ccccc3)cn2-c2ccc(C#N)cc2)C(C)C)cc1OC. The molecule has 1 aromatic heterocycles. The maximum absolute atomic E-state index is 13.3. The van der Waals surface area contributed by atoms with E-state index in [2.05, 4.69) is 16.4 Å². The van der Waals surface area contributed by atoms with Crippen molar-refractivity contribution < 1.29 is 19.1 Å². The second-order valence-electron chi connectivity index (χ2n) is 9.37. The van der Waals surface area contributed by atoms with Gasteiger partial charge in [0.2, 0.25) is 17.8 Å². The van der Waals surface area contributed by atoms with Crippen molar-refractivity contribution in [3.8, 4) is 34.5 Å². The number of nitrogens with zero attached hydrogens (tertiary/aromatic N) is 4. The van der Waals surface area contributed by atoms with E-state index in [1.165, 1.54) is 4.90 Å². The molecule has 40 heavy (non-hydrogen) atoms. The zero-order valence-corrected chi connectivity index (χ0v) is 22.9. The van der Waals surface area contributed by atoms with Gasteiger partial charge in [0.1, 0.15) is 6.54 Å². The molecular formula is C31H31N5O4. The van der Waals surface area contributed by atoms with E-state index in [9.17, 15) is 14.9 Å². The lowest BCUT2D eigenvalue weighted by Crippen LogP contribution is -2.43. The van der Waals surface area contributed by atoms with Gasteiger partial charge in [0.05, 0.1) is 38.0 Å². The van der Waals surface area contributed by atoms with Gasteiger partial charge in [-0.2, -0.15) is 5.26 Å².